The van der Waals surface area contributed by atoms with Crippen LogP contribution < -0.4 is 10.5 Å². The fourth-order valence-electron chi connectivity index (χ4n) is 2.73. The zero-order valence-electron chi connectivity index (χ0n) is 14.8. The largest absolute Gasteiger partial charge is 0.469 e. The van der Waals surface area contributed by atoms with Crippen molar-refractivity contribution >= 4 is 17.4 Å². The van der Waals surface area contributed by atoms with E-state index in [4.69, 9.17) is 26.6 Å². The van der Waals surface area contributed by atoms with Crippen LogP contribution in [0.15, 0.2) is 77.6 Å². The van der Waals surface area contributed by atoms with Gasteiger partial charge in [0.1, 0.15) is 11.6 Å². The Hall–Kier alpha value is -3.38. The second-order valence-corrected chi connectivity index (χ2v) is 6.52. The summed E-state index contributed by atoms with van der Waals surface area (Å²) < 4.78 is 11.1. The highest BCUT2D eigenvalue weighted by Gasteiger charge is 2.12. The van der Waals surface area contributed by atoms with Gasteiger partial charge in [0.25, 0.3) is 0 Å². The van der Waals surface area contributed by atoms with Gasteiger partial charge < -0.3 is 15.0 Å². The molecule has 2 N–H and O–H groups in total. The minimum Gasteiger partial charge on any atom is -0.469 e. The molecule has 28 heavy (non-hydrogen) atoms. The first kappa shape index (κ1) is 18.0. The molecule has 0 spiro atoms. The first-order valence-electron chi connectivity index (χ1n) is 8.66. The molecule has 7 heteroatoms. The molecule has 0 radical (unpaired) electrons. The van der Waals surface area contributed by atoms with E-state index in [-0.39, 0.29) is 0 Å². The number of halogens is 1. The number of ether oxygens (including phenoxy) is 1. The number of nitrogens with two attached hydrogens (primary N) is 1. The SMILES string of the molecule is Nc1ncccc1-c1cc(Cc2ccc(OC(Cl)c3ccccn3)cc2)no1. The normalized spacial score (nSPS) is 11.9. The molecule has 0 aliphatic rings. The van der Waals surface area contributed by atoms with Gasteiger partial charge in [-0.05, 0) is 42.0 Å². The molecule has 3 heterocycles. The second kappa shape index (κ2) is 8.10. The van der Waals surface area contributed by atoms with E-state index < -0.39 is 5.56 Å². The van der Waals surface area contributed by atoms with E-state index in [1.165, 1.54) is 0 Å². The Bertz CT molecular complexity index is 1050. The third kappa shape index (κ3) is 4.13. The lowest BCUT2D eigenvalue weighted by Gasteiger charge is -2.12. The second-order valence-electron chi connectivity index (χ2n) is 6.13. The number of hydrogen-bond donors (Lipinski definition) is 1. The molecule has 4 aromatic rings. The van der Waals surface area contributed by atoms with Crippen LogP contribution in [-0.4, -0.2) is 15.1 Å². The molecule has 6 nitrogen and oxygen atoms in total. The van der Waals surface area contributed by atoms with Crippen molar-refractivity contribution in [3.8, 4) is 17.1 Å². The number of nitrogens with zero attached hydrogens (tertiary/aromatic N) is 3. The standard InChI is InChI=1S/C21H17ClN4O2/c22-20(18-5-1-2-10-24-18)27-16-8-6-14(7-9-16)12-15-13-19(28-26-15)17-4-3-11-25-21(17)23/h1-11,13,20H,12H2,(H2,23,25). The topological polar surface area (TPSA) is 87.1 Å². The lowest BCUT2D eigenvalue weighted by atomic mass is 10.1. The van der Waals surface area contributed by atoms with Crippen molar-refractivity contribution < 1.29 is 9.26 Å². The summed E-state index contributed by atoms with van der Waals surface area (Å²) in [5.74, 6) is 1.68. The molecule has 1 unspecified atom stereocenters. The van der Waals surface area contributed by atoms with Gasteiger partial charge in [0, 0.05) is 24.9 Å². The number of nitrogen functional groups attached to an aromatic ring is 1. The van der Waals surface area contributed by atoms with Crippen LogP contribution in [0.4, 0.5) is 5.82 Å². The van der Waals surface area contributed by atoms with Crippen LogP contribution in [-0.2, 0) is 6.42 Å². The van der Waals surface area contributed by atoms with E-state index in [1.54, 1.807) is 12.4 Å². The maximum atomic E-state index is 6.26. The molecule has 0 bridgehead atoms. The van der Waals surface area contributed by atoms with Crippen molar-refractivity contribution in [1.82, 2.24) is 15.1 Å². The smallest absolute Gasteiger partial charge is 0.214 e. The van der Waals surface area contributed by atoms with Crippen LogP contribution in [0, 0.1) is 0 Å². The summed E-state index contributed by atoms with van der Waals surface area (Å²) >= 11 is 6.26. The number of pyridine rings is 2. The lowest BCUT2D eigenvalue weighted by Crippen LogP contribution is -2.02. The van der Waals surface area contributed by atoms with Crippen molar-refractivity contribution in [1.29, 1.82) is 0 Å². The highest BCUT2D eigenvalue weighted by atomic mass is 35.5. The van der Waals surface area contributed by atoms with Crippen molar-refractivity contribution in [2.45, 2.75) is 12.0 Å². The van der Waals surface area contributed by atoms with Crippen molar-refractivity contribution in [2.75, 3.05) is 5.73 Å². The maximum absolute atomic E-state index is 6.26. The Morgan fingerprint density at radius 3 is 2.57 bits per heavy atom. The third-order valence-corrected chi connectivity index (χ3v) is 4.44. The average Bonchev–Trinajstić information content (AvgIpc) is 3.18. The Labute approximate surface area is 166 Å². The minimum absolute atomic E-state index is 0.412. The number of benzene rings is 1. The average molecular weight is 393 g/mol. The summed E-state index contributed by atoms with van der Waals surface area (Å²) in [4.78, 5) is 8.26. The number of anilines is 1. The van der Waals surface area contributed by atoms with E-state index in [0.717, 1.165) is 16.8 Å². The predicted molar refractivity (Wildman–Crippen MR) is 107 cm³/mol. The molecular weight excluding hydrogens is 376 g/mol. The number of aromatic nitrogens is 3. The van der Waals surface area contributed by atoms with Crippen LogP contribution in [0.25, 0.3) is 11.3 Å². The number of alkyl halides is 1. The lowest BCUT2D eigenvalue weighted by molar-refractivity contribution is 0.283. The molecule has 4 rings (SSSR count). The summed E-state index contributed by atoms with van der Waals surface area (Å²) in [6.07, 6.45) is 3.94. The van der Waals surface area contributed by atoms with Crippen LogP contribution in [0.5, 0.6) is 5.75 Å². The van der Waals surface area contributed by atoms with Gasteiger partial charge in [-0.3, -0.25) is 4.98 Å². The van der Waals surface area contributed by atoms with Gasteiger partial charge in [-0.2, -0.15) is 0 Å². The molecule has 0 amide bonds. The quantitative estimate of drug-likeness (QED) is 0.482. The number of rotatable bonds is 6. The van der Waals surface area contributed by atoms with Gasteiger partial charge in [0.05, 0.1) is 17.0 Å². The van der Waals surface area contributed by atoms with Gasteiger partial charge >= 0.3 is 0 Å². The molecule has 0 aliphatic carbocycles. The van der Waals surface area contributed by atoms with Crippen molar-refractivity contribution in [3.63, 3.8) is 0 Å². The van der Waals surface area contributed by atoms with Crippen LogP contribution in [0.3, 0.4) is 0 Å². The maximum Gasteiger partial charge on any atom is 0.214 e. The van der Waals surface area contributed by atoms with Crippen LogP contribution >= 0.6 is 11.6 Å². The zero-order chi connectivity index (χ0) is 19.3. The van der Waals surface area contributed by atoms with E-state index >= 15 is 0 Å². The molecule has 0 saturated heterocycles. The molecule has 140 valence electrons. The molecule has 1 atom stereocenters. The molecule has 0 fully saturated rings. The Morgan fingerprint density at radius 1 is 1.00 bits per heavy atom. The van der Waals surface area contributed by atoms with Gasteiger partial charge in [-0.1, -0.05) is 35.0 Å². The van der Waals surface area contributed by atoms with Gasteiger partial charge in [0.2, 0.25) is 5.56 Å². The highest BCUT2D eigenvalue weighted by molar-refractivity contribution is 6.19. The monoisotopic (exact) mass is 392 g/mol. The zero-order valence-corrected chi connectivity index (χ0v) is 15.6. The molecule has 1 aromatic carbocycles. The van der Waals surface area contributed by atoms with Gasteiger partial charge in [-0.25, -0.2) is 4.98 Å². The molecule has 0 aliphatic heterocycles. The van der Waals surface area contributed by atoms with Crippen LogP contribution in [0.1, 0.15) is 22.5 Å². The number of hydrogen-bond acceptors (Lipinski definition) is 6. The summed E-state index contributed by atoms with van der Waals surface area (Å²) in [5, 5.41) is 4.12. The van der Waals surface area contributed by atoms with E-state index in [9.17, 15) is 0 Å². The predicted octanol–water partition coefficient (Wildman–Crippen LogP) is 4.62. The van der Waals surface area contributed by atoms with Crippen molar-refractivity contribution in [3.05, 3.63) is 90.0 Å². The molecular formula is C21H17ClN4O2. The highest BCUT2D eigenvalue weighted by Crippen LogP contribution is 2.27. The van der Waals surface area contributed by atoms with E-state index in [1.807, 2.05) is 60.7 Å². The fourth-order valence-corrected chi connectivity index (χ4v) is 2.96. The van der Waals surface area contributed by atoms with E-state index in [0.29, 0.717) is 29.4 Å². The first-order valence-corrected chi connectivity index (χ1v) is 9.10. The molecule has 3 aromatic heterocycles. The van der Waals surface area contributed by atoms with E-state index in [2.05, 4.69) is 15.1 Å². The van der Waals surface area contributed by atoms with Gasteiger partial charge in [0.15, 0.2) is 5.76 Å². The summed E-state index contributed by atoms with van der Waals surface area (Å²) in [6, 6.07) is 18.7. The van der Waals surface area contributed by atoms with Gasteiger partial charge in [-0.15, -0.1) is 0 Å². The summed E-state index contributed by atoms with van der Waals surface area (Å²) in [7, 11) is 0. The third-order valence-electron chi connectivity index (χ3n) is 4.13. The Kier molecular flexibility index (Phi) is 5.21. The fraction of sp³-hybridized carbons (Fsp3) is 0.0952. The Morgan fingerprint density at radius 2 is 1.82 bits per heavy atom. The summed E-state index contributed by atoms with van der Waals surface area (Å²) in [5.41, 5.74) is 8.50. The van der Waals surface area contributed by atoms with Crippen LogP contribution in [0.2, 0.25) is 0 Å². The summed E-state index contributed by atoms with van der Waals surface area (Å²) in [6.45, 7) is 0. The molecule has 0 saturated carbocycles. The van der Waals surface area contributed by atoms with Crippen molar-refractivity contribution in [2.24, 2.45) is 0 Å². The Balaban J connectivity index is 1.42. The minimum atomic E-state index is -0.643. The first-order chi connectivity index (χ1) is 13.7.